The molecule has 2 unspecified atom stereocenters. The Morgan fingerprint density at radius 2 is 2.08 bits per heavy atom. The number of aliphatic carboxylic acids is 1. The van der Waals surface area contributed by atoms with Crippen LogP contribution in [0.1, 0.15) is 24.4 Å². The Labute approximate surface area is 152 Å². The molecule has 26 heavy (non-hydrogen) atoms. The van der Waals surface area contributed by atoms with Crippen LogP contribution < -0.4 is 0 Å². The molecular formula is C19H23N3O4. The van der Waals surface area contributed by atoms with Crippen molar-refractivity contribution < 1.29 is 19.4 Å². The average molecular weight is 357 g/mol. The van der Waals surface area contributed by atoms with E-state index in [9.17, 15) is 14.7 Å². The molecule has 2 aromatic rings. The van der Waals surface area contributed by atoms with Crippen molar-refractivity contribution in [3.8, 4) is 0 Å². The molecular weight excluding hydrogens is 334 g/mol. The smallest absolute Gasteiger partial charge is 0.313 e. The van der Waals surface area contributed by atoms with E-state index in [0.29, 0.717) is 19.4 Å². The van der Waals surface area contributed by atoms with Gasteiger partial charge in [-0.1, -0.05) is 30.3 Å². The van der Waals surface area contributed by atoms with Crippen LogP contribution in [-0.4, -0.2) is 58.5 Å². The molecule has 0 aliphatic carbocycles. The highest BCUT2D eigenvalue weighted by atomic mass is 16.5. The Morgan fingerprint density at radius 1 is 1.31 bits per heavy atom. The number of aromatic nitrogens is 2. The Morgan fingerprint density at radius 3 is 2.69 bits per heavy atom. The van der Waals surface area contributed by atoms with Crippen molar-refractivity contribution in [2.75, 3.05) is 26.8 Å². The third kappa shape index (κ3) is 3.48. The second-order valence-electron chi connectivity index (χ2n) is 6.68. The van der Waals surface area contributed by atoms with Crippen molar-refractivity contribution in [2.45, 2.75) is 18.9 Å². The number of carbonyl (C=O) groups is 2. The summed E-state index contributed by atoms with van der Waals surface area (Å²) in [6.45, 7) is 0.756. The zero-order chi connectivity index (χ0) is 18.6. The molecule has 1 amide bonds. The summed E-state index contributed by atoms with van der Waals surface area (Å²) in [7, 11) is 1.49. The van der Waals surface area contributed by atoms with Crippen molar-refractivity contribution in [1.29, 1.82) is 0 Å². The van der Waals surface area contributed by atoms with Gasteiger partial charge in [-0.2, -0.15) is 5.10 Å². The fourth-order valence-corrected chi connectivity index (χ4v) is 3.60. The SMILES string of the molecule is COCC1(C(=O)O)CCCN(C(=O)C(c2ccccc2)n2cccn2)C1. The maximum Gasteiger partial charge on any atom is 0.313 e. The van der Waals surface area contributed by atoms with Crippen LogP contribution in [-0.2, 0) is 14.3 Å². The van der Waals surface area contributed by atoms with E-state index in [0.717, 1.165) is 5.56 Å². The highest BCUT2D eigenvalue weighted by molar-refractivity contribution is 5.85. The highest BCUT2D eigenvalue weighted by Crippen LogP contribution is 2.33. The summed E-state index contributed by atoms with van der Waals surface area (Å²) in [4.78, 5) is 26.8. The minimum Gasteiger partial charge on any atom is -0.481 e. The lowest BCUT2D eigenvalue weighted by molar-refractivity contribution is -0.159. The molecule has 0 radical (unpaired) electrons. The van der Waals surface area contributed by atoms with E-state index in [2.05, 4.69) is 5.10 Å². The number of methoxy groups -OCH3 is 1. The summed E-state index contributed by atoms with van der Waals surface area (Å²) in [6.07, 6.45) is 4.50. The van der Waals surface area contributed by atoms with Gasteiger partial charge in [0.15, 0.2) is 6.04 Å². The van der Waals surface area contributed by atoms with Gasteiger partial charge in [0, 0.05) is 32.6 Å². The first kappa shape index (κ1) is 18.1. The standard InChI is InChI=1S/C19H23N3O4/c1-26-14-19(18(24)25)9-5-11-21(13-19)17(23)16(22-12-6-10-20-22)15-7-3-2-4-8-15/h2-4,6-8,10,12,16H,5,9,11,13-14H2,1H3,(H,24,25). The zero-order valence-electron chi connectivity index (χ0n) is 14.7. The van der Waals surface area contributed by atoms with Crippen LogP contribution in [0.25, 0.3) is 0 Å². The molecule has 1 fully saturated rings. The van der Waals surface area contributed by atoms with Crippen LogP contribution in [0.3, 0.4) is 0 Å². The predicted molar refractivity (Wildman–Crippen MR) is 94.6 cm³/mol. The van der Waals surface area contributed by atoms with Crippen molar-refractivity contribution in [3.05, 3.63) is 54.4 Å². The van der Waals surface area contributed by atoms with Crippen molar-refractivity contribution >= 4 is 11.9 Å². The van der Waals surface area contributed by atoms with Crippen LogP contribution in [0.5, 0.6) is 0 Å². The summed E-state index contributed by atoms with van der Waals surface area (Å²) < 4.78 is 6.77. The first-order valence-electron chi connectivity index (χ1n) is 8.62. The highest BCUT2D eigenvalue weighted by Gasteiger charge is 2.45. The number of carbonyl (C=O) groups excluding carboxylic acids is 1. The number of amides is 1. The number of rotatable bonds is 6. The van der Waals surface area contributed by atoms with Gasteiger partial charge < -0.3 is 14.7 Å². The number of carboxylic acids is 1. The molecule has 3 rings (SSSR count). The number of piperidine rings is 1. The van der Waals surface area contributed by atoms with E-state index in [1.54, 1.807) is 28.0 Å². The summed E-state index contributed by atoms with van der Waals surface area (Å²) in [6, 6.07) is 10.6. The lowest BCUT2D eigenvalue weighted by Crippen LogP contribution is -2.53. The van der Waals surface area contributed by atoms with Crippen LogP contribution >= 0.6 is 0 Å². The Balaban J connectivity index is 1.91. The van der Waals surface area contributed by atoms with E-state index >= 15 is 0 Å². The molecule has 1 N–H and O–H groups in total. The molecule has 1 aromatic carbocycles. The maximum absolute atomic E-state index is 13.3. The molecule has 7 nitrogen and oxygen atoms in total. The van der Waals surface area contributed by atoms with Gasteiger partial charge in [0.25, 0.3) is 5.91 Å². The molecule has 1 aromatic heterocycles. The Kier molecular flexibility index (Phi) is 5.37. The van der Waals surface area contributed by atoms with Crippen LogP contribution in [0, 0.1) is 5.41 Å². The minimum atomic E-state index is -1.06. The van der Waals surface area contributed by atoms with E-state index in [1.807, 2.05) is 30.3 Å². The van der Waals surface area contributed by atoms with Crippen molar-refractivity contribution in [3.63, 3.8) is 0 Å². The van der Waals surface area contributed by atoms with Gasteiger partial charge >= 0.3 is 5.97 Å². The third-order valence-corrected chi connectivity index (χ3v) is 4.90. The number of hydrogen-bond acceptors (Lipinski definition) is 4. The van der Waals surface area contributed by atoms with Gasteiger partial charge in [-0.3, -0.25) is 14.3 Å². The Hall–Kier alpha value is -2.67. The molecule has 1 saturated heterocycles. The van der Waals surface area contributed by atoms with Crippen LogP contribution in [0.4, 0.5) is 0 Å². The van der Waals surface area contributed by atoms with Gasteiger partial charge in [-0.05, 0) is 24.5 Å². The molecule has 0 bridgehead atoms. The first-order valence-corrected chi connectivity index (χ1v) is 8.62. The summed E-state index contributed by atoms with van der Waals surface area (Å²) in [5.41, 5.74) is -0.243. The zero-order valence-corrected chi connectivity index (χ0v) is 14.7. The molecule has 2 heterocycles. The second kappa shape index (κ2) is 7.70. The first-order chi connectivity index (χ1) is 12.6. The second-order valence-corrected chi connectivity index (χ2v) is 6.68. The molecule has 2 atom stereocenters. The number of nitrogens with zero attached hydrogens (tertiary/aromatic N) is 3. The van der Waals surface area contributed by atoms with Gasteiger partial charge in [0.2, 0.25) is 0 Å². The van der Waals surface area contributed by atoms with E-state index in [1.165, 1.54) is 7.11 Å². The normalized spacial score (nSPS) is 21.3. The fourth-order valence-electron chi connectivity index (χ4n) is 3.60. The average Bonchev–Trinajstić information content (AvgIpc) is 3.17. The Bertz CT molecular complexity index is 743. The molecule has 138 valence electrons. The predicted octanol–water partition coefficient (Wildman–Crippen LogP) is 1.81. The number of ether oxygens (including phenoxy) is 1. The van der Waals surface area contributed by atoms with Crippen LogP contribution in [0.15, 0.2) is 48.8 Å². The topological polar surface area (TPSA) is 84.7 Å². The quantitative estimate of drug-likeness (QED) is 0.852. The number of benzene rings is 1. The van der Waals surface area contributed by atoms with Gasteiger partial charge in [-0.15, -0.1) is 0 Å². The van der Waals surface area contributed by atoms with E-state index in [-0.39, 0.29) is 19.1 Å². The summed E-state index contributed by atoms with van der Waals surface area (Å²) in [5.74, 6) is -1.08. The molecule has 0 saturated carbocycles. The van der Waals surface area contributed by atoms with Gasteiger partial charge in [0.1, 0.15) is 5.41 Å². The monoisotopic (exact) mass is 357 g/mol. The number of carboxylic acid groups (broad SMARTS) is 1. The molecule has 7 heteroatoms. The lowest BCUT2D eigenvalue weighted by atomic mass is 9.80. The summed E-state index contributed by atoms with van der Waals surface area (Å²) in [5, 5.41) is 14.0. The summed E-state index contributed by atoms with van der Waals surface area (Å²) >= 11 is 0. The molecule has 0 spiro atoms. The lowest BCUT2D eigenvalue weighted by Gasteiger charge is -2.40. The molecule has 1 aliphatic rings. The minimum absolute atomic E-state index is 0.0872. The van der Waals surface area contributed by atoms with Gasteiger partial charge in [0.05, 0.1) is 6.61 Å². The van der Waals surface area contributed by atoms with Crippen LogP contribution in [0.2, 0.25) is 0 Å². The largest absolute Gasteiger partial charge is 0.481 e. The van der Waals surface area contributed by atoms with Crippen molar-refractivity contribution in [1.82, 2.24) is 14.7 Å². The van der Waals surface area contributed by atoms with Gasteiger partial charge in [-0.25, -0.2) is 0 Å². The third-order valence-electron chi connectivity index (χ3n) is 4.90. The fraction of sp³-hybridized carbons (Fsp3) is 0.421. The van der Waals surface area contributed by atoms with E-state index in [4.69, 9.17) is 4.74 Å². The number of likely N-dealkylation sites (tertiary alicyclic amines) is 1. The molecule has 1 aliphatic heterocycles. The number of hydrogen-bond donors (Lipinski definition) is 1. The van der Waals surface area contributed by atoms with E-state index < -0.39 is 17.4 Å². The van der Waals surface area contributed by atoms with Crippen molar-refractivity contribution in [2.24, 2.45) is 5.41 Å². The maximum atomic E-state index is 13.3.